The molecule has 3 heterocycles. The van der Waals surface area contributed by atoms with Gasteiger partial charge in [0.15, 0.2) is 0 Å². The van der Waals surface area contributed by atoms with Crippen molar-refractivity contribution in [3.05, 3.63) is 29.3 Å². The summed E-state index contributed by atoms with van der Waals surface area (Å²) in [5.74, 6) is 0.691. The van der Waals surface area contributed by atoms with Gasteiger partial charge in [-0.2, -0.15) is 0 Å². The van der Waals surface area contributed by atoms with Crippen LogP contribution in [0.3, 0.4) is 0 Å². The standard InChI is InChI=1S/C22H32ClN3O2/c23-19-4-3-5-20(16-19)24-21(27)26-11-6-18(7-12-26)17-25-13-9-22(10-14-25)8-1-2-15-28-22/h3-5,16,18H,1-2,6-15,17H2,(H,24,27). The van der Waals surface area contributed by atoms with Crippen molar-refractivity contribution >= 4 is 23.3 Å². The van der Waals surface area contributed by atoms with Gasteiger partial charge in [0.25, 0.3) is 0 Å². The largest absolute Gasteiger partial charge is 0.375 e. The summed E-state index contributed by atoms with van der Waals surface area (Å²) in [5, 5.41) is 3.60. The number of nitrogens with zero attached hydrogens (tertiary/aromatic N) is 2. The minimum Gasteiger partial charge on any atom is -0.375 e. The van der Waals surface area contributed by atoms with Gasteiger partial charge in [0.2, 0.25) is 0 Å². The van der Waals surface area contributed by atoms with Crippen LogP contribution in [-0.2, 0) is 4.74 Å². The third-order valence-corrected chi connectivity index (χ3v) is 6.93. The fraction of sp³-hybridized carbons (Fsp3) is 0.682. The SMILES string of the molecule is O=C(Nc1cccc(Cl)c1)N1CCC(CN2CCC3(CCCCO3)CC2)CC1. The summed E-state index contributed by atoms with van der Waals surface area (Å²) < 4.78 is 6.16. The Kier molecular flexibility index (Phi) is 6.44. The van der Waals surface area contributed by atoms with E-state index in [1.807, 2.05) is 23.1 Å². The summed E-state index contributed by atoms with van der Waals surface area (Å²) in [6.07, 6.45) is 8.36. The molecule has 3 aliphatic rings. The number of rotatable bonds is 3. The molecule has 2 amide bonds. The van der Waals surface area contributed by atoms with Crippen molar-refractivity contribution in [1.82, 2.24) is 9.80 Å². The Bertz CT molecular complexity index is 660. The van der Waals surface area contributed by atoms with Gasteiger partial charge < -0.3 is 19.9 Å². The number of ether oxygens (including phenoxy) is 1. The molecule has 4 rings (SSSR count). The minimum atomic E-state index is -0.0184. The maximum absolute atomic E-state index is 12.5. The maximum Gasteiger partial charge on any atom is 0.321 e. The number of hydrogen-bond acceptors (Lipinski definition) is 3. The van der Waals surface area contributed by atoms with Crippen molar-refractivity contribution in [1.29, 1.82) is 0 Å². The summed E-state index contributed by atoms with van der Waals surface area (Å²) >= 11 is 6.00. The Balaban J connectivity index is 1.19. The van der Waals surface area contributed by atoms with E-state index in [2.05, 4.69) is 10.2 Å². The van der Waals surface area contributed by atoms with Gasteiger partial charge in [-0.3, -0.25) is 0 Å². The highest BCUT2D eigenvalue weighted by atomic mass is 35.5. The number of hydrogen-bond donors (Lipinski definition) is 1. The zero-order valence-electron chi connectivity index (χ0n) is 16.7. The molecule has 0 atom stereocenters. The highest BCUT2D eigenvalue weighted by Gasteiger charge is 2.37. The molecule has 3 fully saturated rings. The smallest absolute Gasteiger partial charge is 0.321 e. The third-order valence-electron chi connectivity index (χ3n) is 6.70. The number of urea groups is 1. The van der Waals surface area contributed by atoms with E-state index in [1.165, 1.54) is 38.6 Å². The molecule has 5 nitrogen and oxygen atoms in total. The zero-order valence-corrected chi connectivity index (χ0v) is 17.4. The van der Waals surface area contributed by atoms with Crippen molar-refractivity contribution in [3.63, 3.8) is 0 Å². The lowest BCUT2D eigenvalue weighted by Crippen LogP contribution is -2.49. The van der Waals surface area contributed by atoms with E-state index in [4.69, 9.17) is 16.3 Å². The lowest BCUT2D eigenvalue weighted by molar-refractivity contribution is -0.112. The van der Waals surface area contributed by atoms with Crippen molar-refractivity contribution in [2.45, 2.75) is 50.5 Å². The first-order valence-corrected chi connectivity index (χ1v) is 11.2. The highest BCUT2D eigenvalue weighted by Crippen LogP contribution is 2.35. The zero-order chi connectivity index (χ0) is 19.4. The molecule has 0 saturated carbocycles. The first-order valence-electron chi connectivity index (χ1n) is 10.8. The second-order valence-corrected chi connectivity index (χ2v) is 9.10. The van der Waals surface area contributed by atoms with E-state index in [0.717, 1.165) is 51.3 Å². The predicted octanol–water partition coefficient (Wildman–Crippen LogP) is 4.62. The van der Waals surface area contributed by atoms with Crippen molar-refractivity contribution in [3.8, 4) is 0 Å². The molecule has 1 spiro atoms. The van der Waals surface area contributed by atoms with Gasteiger partial charge in [-0.25, -0.2) is 4.79 Å². The van der Waals surface area contributed by atoms with E-state index in [1.54, 1.807) is 6.07 Å². The number of nitrogens with one attached hydrogen (secondary N) is 1. The number of anilines is 1. The van der Waals surface area contributed by atoms with Crippen LogP contribution in [0.25, 0.3) is 0 Å². The Labute approximate surface area is 173 Å². The number of piperidine rings is 2. The molecule has 0 radical (unpaired) electrons. The van der Waals surface area contributed by atoms with Crippen LogP contribution >= 0.6 is 11.6 Å². The fourth-order valence-corrected chi connectivity index (χ4v) is 5.09. The van der Waals surface area contributed by atoms with E-state index >= 15 is 0 Å². The molecular weight excluding hydrogens is 374 g/mol. The van der Waals surface area contributed by atoms with Gasteiger partial charge in [-0.1, -0.05) is 17.7 Å². The van der Waals surface area contributed by atoms with E-state index < -0.39 is 0 Å². The molecule has 1 N–H and O–H groups in total. The van der Waals surface area contributed by atoms with Crippen molar-refractivity contribution < 1.29 is 9.53 Å². The van der Waals surface area contributed by atoms with Gasteiger partial charge in [0, 0.05) is 50.0 Å². The first kappa shape index (κ1) is 20.0. The van der Waals surface area contributed by atoms with Gasteiger partial charge in [0.05, 0.1) is 5.60 Å². The van der Waals surface area contributed by atoms with E-state index in [9.17, 15) is 4.79 Å². The molecule has 28 heavy (non-hydrogen) atoms. The molecule has 1 aromatic carbocycles. The van der Waals surface area contributed by atoms with Crippen molar-refractivity contribution in [2.24, 2.45) is 5.92 Å². The fourth-order valence-electron chi connectivity index (χ4n) is 4.90. The summed E-state index contributed by atoms with van der Waals surface area (Å²) in [7, 11) is 0. The molecule has 6 heteroatoms. The molecule has 0 bridgehead atoms. The van der Waals surface area contributed by atoms with Gasteiger partial charge in [-0.05, 0) is 69.1 Å². The third kappa shape index (κ3) is 5.00. The van der Waals surface area contributed by atoms with Gasteiger partial charge in [0.1, 0.15) is 0 Å². The average molecular weight is 406 g/mol. The van der Waals surface area contributed by atoms with Crippen LogP contribution < -0.4 is 5.32 Å². The van der Waals surface area contributed by atoms with Crippen LogP contribution in [-0.4, -0.2) is 60.8 Å². The number of carbonyl (C=O) groups is 1. The molecule has 0 unspecified atom stereocenters. The Morgan fingerprint density at radius 2 is 1.93 bits per heavy atom. The molecular formula is C22H32ClN3O2. The summed E-state index contributed by atoms with van der Waals surface area (Å²) in [6.45, 7) is 6.11. The number of likely N-dealkylation sites (tertiary alicyclic amines) is 2. The van der Waals surface area contributed by atoms with Crippen LogP contribution in [0, 0.1) is 5.92 Å². The molecule has 1 aromatic rings. The number of halogens is 1. The molecule has 0 aromatic heterocycles. The van der Waals surface area contributed by atoms with Crippen LogP contribution in [0.15, 0.2) is 24.3 Å². The Morgan fingerprint density at radius 1 is 1.14 bits per heavy atom. The lowest BCUT2D eigenvalue weighted by atomic mass is 9.84. The molecule has 3 aliphatic heterocycles. The number of carbonyl (C=O) groups excluding carboxylic acids is 1. The van der Waals surface area contributed by atoms with E-state index in [0.29, 0.717) is 10.9 Å². The number of benzene rings is 1. The second kappa shape index (κ2) is 9.02. The first-order chi connectivity index (χ1) is 13.6. The Morgan fingerprint density at radius 3 is 2.61 bits per heavy atom. The maximum atomic E-state index is 12.5. The Hall–Kier alpha value is -1.30. The lowest BCUT2D eigenvalue weighted by Gasteiger charge is -2.45. The monoisotopic (exact) mass is 405 g/mol. The van der Waals surface area contributed by atoms with E-state index in [-0.39, 0.29) is 11.6 Å². The molecule has 0 aliphatic carbocycles. The van der Waals surface area contributed by atoms with Gasteiger partial charge in [-0.15, -0.1) is 0 Å². The number of amides is 2. The van der Waals surface area contributed by atoms with Gasteiger partial charge >= 0.3 is 6.03 Å². The summed E-state index contributed by atoms with van der Waals surface area (Å²) in [6, 6.07) is 7.30. The highest BCUT2D eigenvalue weighted by molar-refractivity contribution is 6.30. The van der Waals surface area contributed by atoms with Crippen LogP contribution in [0.1, 0.15) is 44.9 Å². The summed E-state index contributed by atoms with van der Waals surface area (Å²) in [4.78, 5) is 17.0. The topological polar surface area (TPSA) is 44.8 Å². The normalized spacial score (nSPS) is 23.7. The van der Waals surface area contributed by atoms with Crippen molar-refractivity contribution in [2.75, 3.05) is 44.6 Å². The second-order valence-electron chi connectivity index (χ2n) is 8.66. The van der Waals surface area contributed by atoms with Crippen LogP contribution in [0.5, 0.6) is 0 Å². The molecule has 154 valence electrons. The quantitative estimate of drug-likeness (QED) is 0.798. The average Bonchev–Trinajstić information content (AvgIpc) is 2.71. The molecule has 3 saturated heterocycles. The summed E-state index contributed by atoms with van der Waals surface area (Å²) in [5.41, 5.74) is 0.947. The van der Waals surface area contributed by atoms with Crippen LogP contribution in [0.2, 0.25) is 5.02 Å². The predicted molar refractivity (Wildman–Crippen MR) is 113 cm³/mol. The minimum absolute atomic E-state index is 0.0184. The van der Waals surface area contributed by atoms with Crippen LogP contribution in [0.4, 0.5) is 10.5 Å².